The quantitative estimate of drug-likeness (QED) is 0.272. The molecule has 0 spiro atoms. The van der Waals surface area contributed by atoms with Crippen molar-refractivity contribution >= 4 is 15.9 Å². The highest BCUT2D eigenvalue weighted by atomic mass is 79.9. The van der Waals surface area contributed by atoms with Gasteiger partial charge in [-0.2, -0.15) is 0 Å². The highest BCUT2D eigenvalue weighted by molar-refractivity contribution is 9.09. The molecule has 0 aromatic heterocycles. The van der Waals surface area contributed by atoms with Gasteiger partial charge < -0.3 is 4.74 Å². The molecule has 2 rings (SSSR count). The fourth-order valence-electron chi connectivity index (χ4n) is 0.833. The molecule has 1 unspecified atom stereocenters. The number of para-hydroxylation sites is 1. The lowest BCUT2D eigenvalue weighted by molar-refractivity contribution is -0.617. The van der Waals surface area contributed by atoms with Gasteiger partial charge in [-0.3, -0.25) is 0 Å². The number of rotatable bonds is 2. The largest absolute Gasteiger partial charge is 0.497 e. The summed E-state index contributed by atoms with van der Waals surface area (Å²) in [4.78, 5) is 9.66. The number of methoxy groups -OCH3 is 1. The van der Waals surface area contributed by atoms with E-state index in [2.05, 4.69) is 15.9 Å². The van der Waals surface area contributed by atoms with Crippen molar-refractivity contribution < 1.29 is 9.77 Å². The third-order valence-corrected chi connectivity index (χ3v) is 2.48. The van der Waals surface area contributed by atoms with Gasteiger partial charge in [-0.1, -0.05) is 34.1 Å². The minimum atomic E-state index is -0.417. The van der Waals surface area contributed by atoms with Crippen molar-refractivity contribution in [1.82, 2.24) is 5.01 Å². The third-order valence-electron chi connectivity index (χ3n) is 1.72. The monoisotopic (exact) mass is 274 g/mol. The number of nitro groups is 1. The van der Waals surface area contributed by atoms with E-state index in [1.54, 1.807) is 7.11 Å². The summed E-state index contributed by atoms with van der Waals surface area (Å²) in [6, 6.07) is 9.68. The third kappa shape index (κ3) is 4.16. The van der Waals surface area contributed by atoms with E-state index in [1.165, 1.54) is 0 Å². The van der Waals surface area contributed by atoms with Crippen LogP contribution in [0, 0.1) is 10.1 Å². The Hall–Kier alpha value is -1.30. The van der Waals surface area contributed by atoms with Gasteiger partial charge in [-0.05, 0) is 12.1 Å². The second kappa shape index (κ2) is 5.55. The molecule has 15 heavy (non-hydrogen) atoms. The van der Waals surface area contributed by atoms with Gasteiger partial charge >= 0.3 is 0 Å². The first-order valence-corrected chi connectivity index (χ1v) is 5.20. The number of hydrogen-bond acceptors (Lipinski definition) is 3. The molecule has 0 aliphatic carbocycles. The highest BCUT2D eigenvalue weighted by Crippen LogP contribution is 2.21. The van der Waals surface area contributed by atoms with Gasteiger partial charge in [0.25, 0.3) is 0 Å². The van der Waals surface area contributed by atoms with Gasteiger partial charge in [0.15, 0.2) is 9.98 Å². The number of halogens is 1. The number of benzene rings is 1. The molecule has 6 heteroatoms. The van der Waals surface area contributed by atoms with Crippen molar-refractivity contribution in [2.75, 3.05) is 13.7 Å². The van der Waals surface area contributed by atoms with Crippen LogP contribution >= 0.6 is 15.9 Å². The lowest BCUT2D eigenvalue weighted by Crippen LogP contribution is -2.06. The number of alkyl halides is 1. The molecule has 1 heterocycles. The van der Waals surface area contributed by atoms with Crippen LogP contribution in [0.25, 0.3) is 0 Å². The van der Waals surface area contributed by atoms with Gasteiger partial charge in [0.05, 0.1) is 7.11 Å². The molecule has 0 bridgehead atoms. The summed E-state index contributed by atoms with van der Waals surface area (Å²) < 4.78 is 4.91. The maximum absolute atomic E-state index is 9.67. The average molecular weight is 275 g/mol. The van der Waals surface area contributed by atoms with Gasteiger partial charge in [-0.25, -0.2) is 10.1 Å². The van der Waals surface area contributed by atoms with E-state index in [0.29, 0.717) is 6.54 Å². The standard InChI is InChI=1S/C7H8O.C2H3BrN2O2/c1-8-7-5-3-2-4-6-7;3-2-1-4(2)5(6)7/h2-6H,1H3;2H,1H2. The summed E-state index contributed by atoms with van der Waals surface area (Å²) in [6.45, 7) is 0.535. The first-order chi connectivity index (χ1) is 7.15. The number of nitrogens with zero attached hydrogens (tertiary/aromatic N) is 2. The van der Waals surface area contributed by atoms with E-state index in [0.717, 1.165) is 10.8 Å². The molecule has 1 atom stereocenters. The summed E-state index contributed by atoms with van der Waals surface area (Å²) in [7, 11) is 1.66. The topological polar surface area (TPSA) is 55.4 Å². The molecule has 1 aliphatic heterocycles. The molecule has 1 aromatic carbocycles. The van der Waals surface area contributed by atoms with Crippen LogP contribution in [0.3, 0.4) is 0 Å². The molecule has 82 valence electrons. The minimum absolute atomic E-state index is 0.0116. The molecule has 0 amide bonds. The Morgan fingerprint density at radius 2 is 2.07 bits per heavy atom. The Labute approximate surface area is 95.9 Å². The van der Waals surface area contributed by atoms with Crippen molar-refractivity contribution in [1.29, 1.82) is 0 Å². The fourth-order valence-corrected chi connectivity index (χ4v) is 1.28. The van der Waals surface area contributed by atoms with Gasteiger partial charge in [-0.15, -0.1) is 5.01 Å². The minimum Gasteiger partial charge on any atom is -0.497 e. The summed E-state index contributed by atoms with van der Waals surface area (Å²) in [5.74, 6) is 0.910. The lowest BCUT2D eigenvalue weighted by Gasteiger charge is -1.93. The van der Waals surface area contributed by atoms with Crippen LogP contribution in [-0.2, 0) is 0 Å². The average Bonchev–Trinajstić information content (AvgIpc) is 2.98. The molecule has 1 saturated heterocycles. The van der Waals surface area contributed by atoms with E-state index in [-0.39, 0.29) is 4.95 Å². The first kappa shape index (κ1) is 11.8. The zero-order valence-corrected chi connectivity index (χ0v) is 9.75. The summed E-state index contributed by atoms with van der Waals surface area (Å²) in [5, 5.41) is 10.4. The van der Waals surface area contributed by atoms with E-state index >= 15 is 0 Å². The van der Waals surface area contributed by atoms with Gasteiger partial charge in [0.2, 0.25) is 0 Å². The van der Waals surface area contributed by atoms with Crippen molar-refractivity contribution in [2.24, 2.45) is 0 Å². The molecule has 0 N–H and O–H groups in total. The maximum Gasteiger partial charge on any atom is 0.167 e. The molecule has 1 aromatic rings. The smallest absolute Gasteiger partial charge is 0.167 e. The molecule has 1 aliphatic rings. The Morgan fingerprint density at radius 1 is 1.53 bits per heavy atom. The van der Waals surface area contributed by atoms with E-state index in [9.17, 15) is 10.1 Å². The van der Waals surface area contributed by atoms with E-state index < -0.39 is 5.03 Å². The zero-order chi connectivity index (χ0) is 11.3. The highest BCUT2D eigenvalue weighted by Gasteiger charge is 2.41. The second-order valence-corrected chi connectivity index (χ2v) is 3.87. The predicted octanol–water partition coefficient (Wildman–Crippen LogP) is 1.91. The Morgan fingerprint density at radius 3 is 2.27 bits per heavy atom. The molecule has 0 saturated carbocycles. The van der Waals surface area contributed by atoms with E-state index in [1.807, 2.05) is 30.3 Å². The normalized spacial score (nSPS) is 17.5. The van der Waals surface area contributed by atoms with Gasteiger partial charge in [0, 0.05) is 0 Å². The Kier molecular flexibility index (Phi) is 4.36. The maximum atomic E-state index is 9.67. The molecular weight excluding hydrogens is 264 g/mol. The van der Waals surface area contributed by atoms with Crippen LogP contribution < -0.4 is 4.74 Å². The van der Waals surface area contributed by atoms with Crippen LogP contribution in [0.2, 0.25) is 0 Å². The van der Waals surface area contributed by atoms with Crippen molar-refractivity contribution in [3.8, 4) is 5.75 Å². The first-order valence-electron chi connectivity index (χ1n) is 4.29. The summed E-state index contributed by atoms with van der Waals surface area (Å²) >= 11 is 3.03. The number of hydrazine groups is 1. The lowest BCUT2D eigenvalue weighted by atomic mass is 10.3. The van der Waals surface area contributed by atoms with Crippen LogP contribution in [-0.4, -0.2) is 28.6 Å². The molecular formula is C9H11BrN2O3. The Bertz CT molecular complexity index is 320. The van der Waals surface area contributed by atoms with Crippen molar-refractivity contribution in [3.63, 3.8) is 0 Å². The summed E-state index contributed by atoms with van der Waals surface area (Å²) in [5.41, 5.74) is 0. The molecule has 0 radical (unpaired) electrons. The Balaban J connectivity index is 0.000000151. The van der Waals surface area contributed by atoms with Crippen LogP contribution in [0.15, 0.2) is 30.3 Å². The fraction of sp³-hybridized carbons (Fsp3) is 0.333. The van der Waals surface area contributed by atoms with Crippen LogP contribution in [0.4, 0.5) is 0 Å². The van der Waals surface area contributed by atoms with Crippen molar-refractivity contribution in [3.05, 3.63) is 40.4 Å². The molecule has 5 nitrogen and oxygen atoms in total. The van der Waals surface area contributed by atoms with Crippen molar-refractivity contribution in [2.45, 2.75) is 4.95 Å². The van der Waals surface area contributed by atoms with E-state index in [4.69, 9.17) is 4.74 Å². The zero-order valence-electron chi connectivity index (χ0n) is 8.17. The van der Waals surface area contributed by atoms with Crippen LogP contribution in [0.1, 0.15) is 0 Å². The predicted molar refractivity (Wildman–Crippen MR) is 59.4 cm³/mol. The SMILES string of the molecule is COc1ccccc1.O=[N+]([O-])N1CC1Br. The van der Waals surface area contributed by atoms with Gasteiger partial charge in [0.1, 0.15) is 12.3 Å². The molecule has 1 fully saturated rings. The number of ether oxygens (including phenoxy) is 1. The second-order valence-electron chi connectivity index (χ2n) is 2.81. The number of hydrogen-bond donors (Lipinski definition) is 0. The summed E-state index contributed by atoms with van der Waals surface area (Å²) in [6.07, 6.45) is 0. The van der Waals surface area contributed by atoms with Crippen LogP contribution in [0.5, 0.6) is 5.75 Å².